The molecule has 1 N–H and O–H groups in total. The van der Waals surface area contributed by atoms with Gasteiger partial charge >= 0.3 is 0 Å². The summed E-state index contributed by atoms with van der Waals surface area (Å²) in [6.07, 6.45) is 0. The van der Waals surface area contributed by atoms with E-state index in [1.165, 1.54) is 0 Å². The molecule has 1 aliphatic rings. The van der Waals surface area contributed by atoms with Crippen molar-refractivity contribution in [3.8, 4) is 0 Å². The predicted octanol–water partition coefficient (Wildman–Crippen LogP) is 1.77. The van der Waals surface area contributed by atoms with E-state index in [-0.39, 0.29) is 5.91 Å². The van der Waals surface area contributed by atoms with E-state index < -0.39 is 0 Å². The van der Waals surface area contributed by atoms with Gasteiger partial charge in [-0.3, -0.25) is 9.69 Å². The molecule has 0 aliphatic carbocycles. The number of hydrogen-bond donors (Lipinski definition) is 1. The van der Waals surface area contributed by atoms with Gasteiger partial charge in [-0.15, -0.1) is 0 Å². The Labute approximate surface area is 121 Å². The summed E-state index contributed by atoms with van der Waals surface area (Å²) >= 11 is 0. The minimum Gasteiger partial charge on any atom is -0.379 e. The number of nitrogens with one attached hydrogen (secondary N) is 1. The lowest BCUT2D eigenvalue weighted by molar-refractivity contribution is 0.00673. The first kappa shape index (κ1) is 15.0. The van der Waals surface area contributed by atoms with Crippen molar-refractivity contribution in [3.63, 3.8) is 0 Å². The van der Waals surface area contributed by atoms with Crippen molar-refractivity contribution < 1.29 is 9.53 Å². The molecule has 0 saturated carbocycles. The minimum absolute atomic E-state index is 0.00418. The van der Waals surface area contributed by atoms with Gasteiger partial charge in [-0.25, -0.2) is 0 Å². The van der Waals surface area contributed by atoms with Crippen LogP contribution in [0.5, 0.6) is 0 Å². The normalized spacial score (nSPS) is 17.9. The number of morpholine rings is 1. The Hall–Kier alpha value is -1.39. The molecule has 1 unspecified atom stereocenters. The Morgan fingerprint density at radius 3 is 2.50 bits per heavy atom. The summed E-state index contributed by atoms with van der Waals surface area (Å²) in [6, 6.07) is 9.74. The summed E-state index contributed by atoms with van der Waals surface area (Å²) in [5.74, 6) is 0.508. The van der Waals surface area contributed by atoms with E-state index in [1.54, 1.807) is 0 Å². The number of carbonyl (C=O) groups excluding carboxylic acids is 1. The fourth-order valence-corrected chi connectivity index (χ4v) is 2.58. The molecule has 1 heterocycles. The zero-order valence-electron chi connectivity index (χ0n) is 12.3. The molecule has 1 aromatic rings. The summed E-state index contributed by atoms with van der Waals surface area (Å²) in [5, 5.41) is 3.06. The third-order valence-electron chi connectivity index (χ3n) is 3.79. The average molecular weight is 276 g/mol. The van der Waals surface area contributed by atoms with Gasteiger partial charge in [0.2, 0.25) is 0 Å². The lowest BCUT2D eigenvalue weighted by Gasteiger charge is -2.36. The summed E-state index contributed by atoms with van der Waals surface area (Å²) in [5.41, 5.74) is 0.719. The van der Waals surface area contributed by atoms with E-state index in [4.69, 9.17) is 4.74 Å². The van der Waals surface area contributed by atoms with Crippen LogP contribution in [-0.4, -0.2) is 49.7 Å². The topological polar surface area (TPSA) is 41.6 Å². The van der Waals surface area contributed by atoms with E-state index in [0.29, 0.717) is 18.5 Å². The minimum atomic E-state index is 0.00418. The second kappa shape index (κ2) is 7.41. The molecule has 110 valence electrons. The smallest absolute Gasteiger partial charge is 0.251 e. The van der Waals surface area contributed by atoms with Gasteiger partial charge in [0.1, 0.15) is 0 Å². The van der Waals surface area contributed by atoms with Crippen LogP contribution in [0.4, 0.5) is 0 Å². The number of nitrogens with zero attached hydrogens (tertiary/aromatic N) is 1. The lowest BCUT2D eigenvalue weighted by Crippen LogP contribution is -2.51. The monoisotopic (exact) mass is 276 g/mol. The molecule has 1 saturated heterocycles. The van der Waals surface area contributed by atoms with Crippen molar-refractivity contribution >= 4 is 5.91 Å². The van der Waals surface area contributed by atoms with Crippen LogP contribution in [0.3, 0.4) is 0 Å². The van der Waals surface area contributed by atoms with Crippen molar-refractivity contribution in [2.24, 2.45) is 5.92 Å². The summed E-state index contributed by atoms with van der Waals surface area (Å²) < 4.78 is 5.40. The van der Waals surface area contributed by atoms with Gasteiger partial charge < -0.3 is 10.1 Å². The predicted molar refractivity (Wildman–Crippen MR) is 79.8 cm³/mol. The average Bonchev–Trinajstić information content (AvgIpc) is 2.49. The first-order valence-corrected chi connectivity index (χ1v) is 7.33. The van der Waals surface area contributed by atoms with Crippen LogP contribution in [0.1, 0.15) is 24.2 Å². The molecule has 0 aromatic heterocycles. The standard InChI is InChI=1S/C16H24N2O2/c1-13(2)15(18-8-10-20-11-9-18)12-17-16(19)14-6-4-3-5-7-14/h3-7,13,15H,8-12H2,1-2H3,(H,17,19). The number of amides is 1. The highest BCUT2D eigenvalue weighted by molar-refractivity contribution is 5.94. The highest BCUT2D eigenvalue weighted by Crippen LogP contribution is 2.12. The SMILES string of the molecule is CC(C)C(CNC(=O)c1ccccc1)N1CCOCC1. The van der Waals surface area contributed by atoms with Crippen LogP contribution in [0.25, 0.3) is 0 Å². The second-order valence-electron chi connectivity index (χ2n) is 5.54. The Balaban J connectivity index is 1.90. The highest BCUT2D eigenvalue weighted by Gasteiger charge is 2.24. The van der Waals surface area contributed by atoms with Crippen LogP contribution in [0.15, 0.2) is 30.3 Å². The van der Waals surface area contributed by atoms with Gasteiger partial charge in [0, 0.05) is 31.2 Å². The fraction of sp³-hybridized carbons (Fsp3) is 0.562. The van der Waals surface area contributed by atoms with Crippen LogP contribution in [0, 0.1) is 5.92 Å². The van der Waals surface area contributed by atoms with Gasteiger partial charge in [-0.1, -0.05) is 32.0 Å². The summed E-state index contributed by atoms with van der Waals surface area (Å²) in [7, 11) is 0. The molecular formula is C16H24N2O2. The molecule has 2 rings (SSSR count). The van der Waals surface area contributed by atoms with Crippen LogP contribution in [0.2, 0.25) is 0 Å². The van der Waals surface area contributed by atoms with Gasteiger partial charge in [-0.05, 0) is 18.1 Å². The highest BCUT2D eigenvalue weighted by atomic mass is 16.5. The fourth-order valence-electron chi connectivity index (χ4n) is 2.58. The maximum atomic E-state index is 12.1. The van der Waals surface area contributed by atoms with Crippen LogP contribution < -0.4 is 5.32 Å². The van der Waals surface area contributed by atoms with Crippen molar-refractivity contribution in [3.05, 3.63) is 35.9 Å². The molecule has 4 nitrogen and oxygen atoms in total. The molecule has 0 spiro atoms. The Morgan fingerprint density at radius 1 is 1.25 bits per heavy atom. The maximum Gasteiger partial charge on any atom is 0.251 e. The second-order valence-corrected chi connectivity index (χ2v) is 5.54. The molecular weight excluding hydrogens is 252 g/mol. The van der Waals surface area contributed by atoms with Gasteiger partial charge in [0.15, 0.2) is 0 Å². The third kappa shape index (κ3) is 4.05. The van der Waals surface area contributed by atoms with Crippen molar-refractivity contribution in [1.29, 1.82) is 0 Å². The number of ether oxygens (including phenoxy) is 1. The van der Waals surface area contributed by atoms with E-state index in [9.17, 15) is 4.79 Å². The van der Waals surface area contributed by atoms with Gasteiger partial charge in [0.05, 0.1) is 13.2 Å². The van der Waals surface area contributed by atoms with E-state index in [0.717, 1.165) is 31.9 Å². The Morgan fingerprint density at radius 2 is 1.90 bits per heavy atom. The summed E-state index contributed by atoms with van der Waals surface area (Å²) in [4.78, 5) is 14.5. The Kier molecular flexibility index (Phi) is 5.56. The zero-order chi connectivity index (χ0) is 14.4. The third-order valence-corrected chi connectivity index (χ3v) is 3.79. The quantitative estimate of drug-likeness (QED) is 0.891. The molecule has 1 amide bonds. The number of carbonyl (C=O) groups is 1. The van der Waals surface area contributed by atoms with E-state index in [2.05, 4.69) is 24.1 Å². The molecule has 0 radical (unpaired) electrons. The van der Waals surface area contributed by atoms with E-state index in [1.807, 2.05) is 30.3 Å². The number of rotatable bonds is 5. The Bertz CT molecular complexity index is 414. The van der Waals surface area contributed by atoms with Crippen molar-refractivity contribution in [1.82, 2.24) is 10.2 Å². The lowest BCUT2D eigenvalue weighted by atomic mass is 10.0. The van der Waals surface area contributed by atoms with Crippen LogP contribution >= 0.6 is 0 Å². The molecule has 1 fully saturated rings. The summed E-state index contributed by atoms with van der Waals surface area (Å²) in [6.45, 7) is 8.56. The first-order valence-electron chi connectivity index (χ1n) is 7.33. The molecule has 1 aromatic carbocycles. The molecule has 4 heteroatoms. The zero-order valence-corrected chi connectivity index (χ0v) is 12.3. The van der Waals surface area contributed by atoms with Crippen molar-refractivity contribution in [2.75, 3.05) is 32.8 Å². The molecule has 1 atom stereocenters. The van der Waals surface area contributed by atoms with Gasteiger partial charge in [-0.2, -0.15) is 0 Å². The first-order chi connectivity index (χ1) is 9.68. The van der Waals surface area contributed by atoms with Crippen LogP contribution in [-0.2, 0) is 4.74 Å². The number of benzene rings is 1. The largest absolute Gasteiger partial charge is 0.379 e. The maximum absolute atomic E-state index is 12.1. The number of hydrogen-bond acceptors (Lipinski definition) is 3. The van der Waals surface area contributed by atoms with Crippen molar-refractivity contribution in [2.45, 2.75) is 19.9 Å². The molecule has 1 aliphatic heterocycles. The van der Waals surface area contributed by atoms with E-state index >= 15 is 0 Å². The molecule has 0 bridgehead atoms. The van der Waals surface area contributed by atoms with Gasteiger partial charge in [0.25, 0.3) is 5.91 Å². The molecule has 20 heavy (non-hydrogen) atoms.